The monoisotopic (exact) mass is 305 g/mol. The molecule has 3 heteroatoms. The number of nitrogens with one attached hydrogen (secondary N) is 1. The Kier molecular flexibility index (Phi) is 9.56. The van der Waals surface area contributed by atoms with Crippen molar-refractivity contribution in [3.63, 3.8) is 0 Å². The Labute approximate surface area is 135 Å². The highest BCUT2D eigenvalue weighted by molar-refractivity contribution is 5.69. The summed E-state index contributed by atoms with van der Waals surface area (Å²) in [5, 5.41) is 3.13. The predicted octanol–water partition coefficient (Wildman–Crippen LogP) is 4.62. The second-order valence-corrected chi connectivity index (χ2v) is 5.94. The zero-order valence-corrected chi connectivity index (χ0v) is 14.4. The molecule has 0 aliphatic rings. The molecule has 1 N–H and O–H groups in total. The van der Waals surface area contributed by atoms with Crippen LogP contribution in [0.1, 0.15) is 69.9 Å². The van der Waals surface area contributed by atoms with Crippen LogP contribution in [0.5, 0.6) is 5.75 Å². The molecule has 124 valence electrons. The van der Waals surface area contributed by atoms with Gasteiger partial charge in [-0.2, -0.15) is 0 Å². The summed E-state index contributed by atoms with van der Waals surface area (Å²) in [5.41, 5.74) is 2.38. The molecule has 0 fully saturated rings. The van der Waals surface area contributed by atoms with Crippen molar-refractivity contribution in [1.29, 1.82) is 0 Å². The Morgan fingerprint density at radius 3 is 2.41 bits per heavy atom. The summed E-state index contributed by atoms with van der Waals surface area (Å²) in [6.45, 7) is 4.41. The zero-order chi connectivity index (χ0) is 16.2. The Morgan fingerprint density at radius 2 is 1.77 bits per heavy atom. The van der Waals surface area contributed by atoms with Crippen LogP contribution >= 0.6 is 0 Å². The normalized spacial score (nSPS) is 10.7. The van der Waals surface area contributed by atoms with Crippen LogP contribution in [0.3, 0.4) is 0 Å². The van der Waals surface area contributed by atoms with Crippen LogP contribution in [0.2, 0.25) is 0 Å². The average molecular weight is 305 g/mol. The van der Waals surface area contributed by atoms with E-state index in [1.54, 1.807) is 0 Å². The van der Waals surface area contributed by atoms with E-state index in [1.165, 1.54) is 57.4 Å². The first-order valence-electron chi connectivity index (χ1n) is 8.62. The molecule has 1 aromatic rings. The van der Waals surface area contributed by atoms with Gasteiger partial charge in [-0.3, -0.25) is 4.79 Å². The lowest BCUT2D eigenvalue weighted by atomic mass is 10.0. The third-order valence-corrected chi connectivity index (χ3v) is 3.81. The molecule has 0 unspecified atom stereocenters. The molecule has 22 heavy (non-hydrogen) atoms. The van der Waals surface area contributed by atoms with Crippen LogP contribution in [-0.2, 0) is 17.8 Å². The Hall–Kier alpha value is -1.35. The van der Waals surface area contributed by atoms with Crippen LogP contribution in [0.25, 0.3) is 0 Å². The smallest absolute Gasteiger partial charge is 0.308 e. The fourth-order valence-corrected chi connectivity index (χ4v) is 2.66. The van der Waals surface area contributed by atoms with E-state index in [9.17, 15) is 4.79 Å². The quantitative estimate of drug-likeness (QED) is 0.368. The molecule has 1 rings (SSSR count). The highest BCUT2D eigenvalue weighted by atomic mass is 16.5. The van der Waals surface area contributed by atoms with Gasteiger partial charge in [0.05, 0.1) is 0 Å². The minimum atomic E-state index is -0.266. The number of hydrogen-bond acceptors (Lipinski definition) is 3. The van der Waals surface area contributed by atoms with Crippen molar-refractivity contribution in [3.8, 4) is 5.75 Å². The molecule has 0 aliphatic heterocycles. The van der Waals surface area contributed by atoms with Gasteiger partial charge in [-0.05, 0) is 31.5 Å². The lowest BCUT2D eigenvalue weighted by Gasteiger charge is -2.11. The molecule has 0 saturated heterocycles. The molecule has 0 heterocycles. The minimum absolute atomic E-state index is 0.266. The maximum absolute atomic E-state index is 11.1. The number of unbranched alkanes of at least 4 members (excludes halogenated alkanes) is 6. The number of aryl methyl sites for hydroxylation is 1. The number of carbonyl (C=O) groups is 1. The lowest BCUT2D eigenvalue weighted by molar-refractivity contribution is -0.131. The third kappa shape index (κ3) is 7.60. The van der Waals surface area contributed by atoms with E-state index in [0.29, 0.717) is 12.3 Å². The van der Waals surface area contributed by atoms with Crippen molar-refractivity contribution in [2.75, 3.05) is 7.05 Å². The molecule has 0 spiro atoms. The van der Waals surface area contributed by atoms with Crippen LogP contribution < -0.4 is 10.1 Å². The topological polar surface area (TPSA) is 38.3 Å². The van der Waals surface area contributed by atoms with Crippen LogP contribution in [0, 0.1) is 0 Å². The first kappa shape index (κ1) is 18.7. The fraction of sp³-hybridized carbons (Fsp3) is 0.632. The van der Waals surface area contributed by atoms with Crippen molar-refractivity contribution < 1.29 is 9.53 Å². The highest BCUT2D eigenvalue weighted by Gasteiger charge is 2.07. The molecule has 0 aliphatic carbocycles. The van der Waals surface area contributed by atoms with Crippen molar-refractivity contribution in [2.45, 2.75) is 71.8 Å². The molecular formula is C19H31NO2. The third-order valence-electron chi connectivity index (χ3n) is 3.81. The number of rotatable bonds is 11. The standard InChI is InChI=1S/C19H31NO2/c1-4-5-6-7-8-9-10-11-17-12-13-19(22-16(2)21)18(14-17)15-20-3/h12-14,20H,4-11,15H2,1-3H3. The van der Waals surface area contributed by atoms with Crippen LogP contribution in [0.15, 0.2) is 18.2 Å². The number of ether oxygens (including phenoxy) is 1. The number of hydrogen-bond donors (Lipinski definition) is 1. The largest absolute Gasteiger partial charge is 0.426 e. The Balaban J connectivity index is 2.43. The van der Waals surface area contributed by atoms with Gasteiger partial charge in [0.2, 0.25) is 0 Å². The average Bonchev–Trinajstić information content (AvgIpc) is 2.48. The van der Waals surface area contributed by atoms with Gasteiger partial charge in [-0.15, -0.1) is 0 Å². The van der Waals surface area contributed by atoms with Gasteiger partial charge in [-0.1, -0.05) is 57.6 Å². The summed E-state index contributed by atoms with van der Waals surface area (Å²) >= 11 is 0. The molecule has 0 atom stereocenters. The van der Waals surface area contributed by atoms with E-state index in [-0.39, 0.29) is 5.97 Å². The van der Waals surface area contributed by atoms with Crippen molar-refractivity contribution in [2.24, 2.45) is 0 Å². The van der Waals surface area contributed by atoms with E-state index in [0.717, 1.165) is 12.0 Å². The SMILES string of the molecule is CCCCCCCCCc1ccc(OC(C)=O)c(CNC)c1. The first-order valence-corrected chi connectivity index (χ1v) is 8.62. The minimum Gasteiger partial charge on any atom is -0.426 e. The van der Waals surface area contributed by atoms with E-state index >= 15 is 0 Å². The van der Waals surface area contributed by atoms with E-state index < -0.39 is 0 Å². The molecule has 0 radical (unpaired) electrons. The van der Waals surface area contributed by atoms with Gasteiger partial charge in [0.25, 0.3) is 0 Å². The maximum Gasteiger partial charge on any atom is 0.308 e. The van der Waals surface area contributed by atoms with Crippen LogP contribution in [-0.4, -0.2) is 13.0 Å². The molecule has 0 amide bonds. The van der Waals surface area contributed by atoms with Gasteiger partial charge in [0.15, 0.2) is 0 Å². The maximum atomic E-state index is 11.1. The van der Waals surface area contributed by atoms with Gasteiger partial charge in [-0.25, -0.2) is 0 Å². The van der Waals surface area contributed by atoms with Gasteiger partial charge < -0.3 is 10.1 Å². The van der Waals surface area contributed by atoms with Gasteiger partial charge in [0.1, 0.15) is 5.75 Å². The highest BCUT2D eigenvalue weighted by Crippen LogP contribution is 2.22. The Morgan fingerprint density at radius 1 is 1.09 bits per heavy atom. The van der Waals surface area contributed by atoms with Gasteiger partial charge in [0, 0.05) is 19.0 Å². The van der Waals surface area contributed by atoms with E-state index in [1.807, 2.05) is 13.1 Å². The summed E-state index contributed by atoms with van der Waals surface area (Å²) in [6.07, 6.45) is 10.4. The number of benzene rings is 1. The number of esters is 1. The van der Waals surface area contributed by atoms with Crippen molar-refractivity contribution in [1.82, 2.24) is 5.32 Å². The van der Waals surface area contributed by atoms with E-state index in [2.05, 4.69) is 24.4 Å². The predicted molar refractivity (Wildman–Crippen MR) is 92.2 cm³/mol. The summed E-state index contributed by atoms with van der Waals surface area (Å²) < 4.78 is 5.25. The first-order chi connectivity index (χ1) is 10.7. The van der Waals surface area contributed by atoms with Gasteiger partial charge >= 0.3 is 5.97 Å². The van der Waals surface area contributed by atoms with Crippen LogP contribution in [0.4, 0.5) is 0 Å². The molecule has 0 aromatic heterocycles. The second-order valence-electron chi connectivity index (χ2n) is 5.94. The molecular weight excluding hydrogens is 274 g/mol. The van der Waals surface area contributed by atoms with Crippen molar-refractivity contribution >= 4 is 5.97 Å². The molecule has 1 aromatic carbocycles. The van der Waals surface area contributed by atoms with Crippen molar-refractivity contribution in [3.05, 3.63) is 29.3 Å². The number of carbonyl (C=O) groups excluding carboxylic acids is 1. The molecule has 0 bridgehead atoms. The summed E-state index contributed by atoms with van der Waals surface area (Å²) in [5.74, 6) is 0.405. The molecule has 3 nitrogen and oxygen atoms in total. The van der Waals surface area contributed by atoms with E-state index in [4.69, 9.17) is 4.74 Å². The lowest BCUT2D eigenvalue weighted by Crippen LogP contribution is -2.10. The Bertz CT molecular complexity index is 443. The second kappa shape index (κ2) is 11.2. The molecule has 0 saturated carbocycles. The summed E-state index contributed by atoms with van der Waals surface area (Å²) in [4.78, 5) is 11.1. The fourth-order valence-electron chi connectivity index (χ4n) is 2.66. The zero-order valence-electron chi connectivity index (χ0n) is 14.4. The summed E-state index contributed by atoms with van der Waals surface area (Å²) in [6, 6.07) is 6.16. The summed E-state index contributed by atoms with van der Waals surface area (Å²) in [7, 11) is 1.90.